The molecule has 0 fully saturated rings. The van der Waals surface area contributed by atoms with Gasteiger partial charge in [0.15, 0.2) is 0 Å². The Bertz CT molecular complexity index is 575. The second-order valence-corrected chi connectivity index (χ2v) is 4.82. The minimum absolute atomic E-state index is 0.0897. The van der Waals surface area contributed by atoms with Gasteiger partial charge in [-0.15, -0.1) is 0 Å². The first-order chi connectivity index (χ1) is 9.60. The SMILES string of the molecule is COc1ccc(CC(=O)Cc2ncnn2C(C)C)cn1. The molecular weight excluding hydrogens is 256 g/mol. The van der Waals surface area contributed by atoms with Gasteiger partial charge in [0.2, 0.25) is 5.88 Å². The fourth-order valence-corrected chi connectivity index (χ4v) is 1.93. The minimum Gasteiger partial charge on any atom is -0.481 e. The van der Waals surface area contributed by atoms with Gasteiger partial charge < -0.3 is 4.74 Å². The van der Waals surface area contributed by atoms with Gasteiger partial charge in [0.25, 0.3) is 0 Å². The highest BCUT2D eigenvalue weighted by Gasteiger charge is 2.12. The summed E-state index contributed by atoms with van der Waals surface area (Å²) in [6.45, 7) is 4.02. The van der Waals surface area contributed by atoms with Crippen molar-refractivity contribution in [1.82, 2.24) is 19.7 Å². The highest BCUT2D eigenvalue weighted by molar-refractivity contribution is 5.82. The molecule has 0 aliphatic heterocycles. The van der Waals surface area contributed by atoms with E-state index in [1.807, 2.05) is 19.9 Å². The lowest BCUT2D eigenvalue weighted by Crippen LogP contribution is -2.14. The predicted octanol–water partition coefficient (Wildman–Crippen LogP) is 1.62. The average Bonchev–Trinajstić information content (AvgIpc) is 2.87. The van der Waals surface area contributed by atoms with E-state index in [0.29, 0.717) is 18.1 Å². The zero-order chi connectivity index (χ0) is 14.5. The molecule has 2 aromatic rings. The highest BCUT2D eigenvalue weighted by Crippen LogP contribution is 2.10. The average molecular weight is 274 g/mol. The van der Waals surface area contributed by atoms with Gasteiger partial charge in [0.05, 0.1) is 13.5 Å². The van der Waals surface area contributed by atoms with Crippen molar-refractivity contribution in [1.29, 1.82) is 0 Å². The van der Waals surface area contributed by atoms with Gasteiger partial charge in [-0.1, -0.05) is 6.07 Å². The Morgan fingerprint density at radius 3 is 2.70 bits per heavy atom. The van der Waals surface area contributed by atoms with Gasteiger partial charge in [-0.2, -0.15) is 5.10 Å². The van der Waals surface area contributed by atoms with E-state index in [2.05, 4.69) is 15.1 Å². The third kappa shape index (κ3) is 3.40. The van der Waals surface area contributed by atoms with Gasteiger partial charge >= 0.3 is 0 Å². The summed E-state index contributed by atoms with van der Waals surface area (Å²) in [6.07, 6.45) is 3.76. The zero-order valence-electron chi connectivity index (χ0n) is 11.9. The normalized spacial score (nSPS) is 10.8. The van der Waals surface area contributed by atoms with E-state index in [1.165, 1.54) is 6.33 Å². The molecule has 0 spiro atoms. The van der Waals surface area contributed by atoms with Crippen molar-refractivity contribution in [3.05, 3.63) is 36.0 Å². The van der Waals surface area contributed by atoms with Crippen molar-refractivity contribution in [3.8, 4) is 5.88 Å². The van der Waals surface area contributed by atoms with E-state index >= 15 is 0 Å². The Morgan fingerprint density at radius 1 is 1.30 bits per heavy atom. The molecule has 6 heteroatoms. The molecule has 0 saturated carbocycles. The van der Waals surface area contributed by atoms with E-state index in [0.717, 1.165) is 5.56 Å². The number of carbonyl (C=O) groups is 1. The fraction of sp³-hybridized carbons (Fsp3) is 0.429. The van der Waals surface area contributed by atoms with E-state index in [-0.39, 0.29) is 18.2 Å². The van der Waals surface area contributed by atoms with Crippen molar-refractivity contribution < 1.29 is 9.53 Å². The zero-order valence-corrected chi connectivity index (χ0v) is 11.9. The van der Waals surface area contributed by atoms with Crippen LogP contribution in [0.5, 0.6) is 5.88 Å². The molecule has 0 aliphatic carbocycles. The van der Waals surface area contributed by atoms with E-state index in [9.17, 15) is 4.79 Å². The number of Topliss-reactive ketones (excluding diaryl/α,β-unsaturated/α-hetero) is 1. The number of pyridine rings is 1. The molecule has 0 aliphatic rings. The molecule has 20 heavy (non-hydrogen) atoms. The first-order valence-electron chi connectivity index (χ1n) is 6.49. The number of ketones is 1. The molecule has 6 nitrogen and oxygen atoms in total. The quantitative estimate of drug-likeness (QED) is 0.800. The maximum Gasteiger partial charge on any atom is 0.212 e. The highest BCUT2D eigenvalue weighted by atomic mass is 16.5. The molecule has 0 bridgehead atoms. The number of methoxy groups -OCH3 is 1. The first kappa shape index (κ1) is 14.2. The lowest BCUT2D eigenvalue weighted by Gasteiger charge is -2.08. The lowest BCUT2D eigenvalue weighted by molar-refractivity contribution is -0.117. The van der Waals surface area contributed by atoms with Crippen LogP contribution in [0.2, 0.25) is 0 Å². The number of aromatic nitrogens is 4. The van der Waals surface area contributed by atoms with Crippen LogP contribution in [0.3, 0.4) is 0 Å². The van der Waals surface area contributed by atoms with Crippen molar-refractivity contribution in [2.75, 3.05) is 7.11 Å². The maximum absolute atomic E-state index is 12.1. The third-order valence-electron chi connectivity index (χ3n) is 2.90. The number of rotatable bonds is 6. The summed E-state index contributed by atoms with van der Waals surface area (Å²) in [5.74, 6) is 1.33. The summed E-state index contributed by atoms with van der Waals surface area (Å²) >= 11 is 0. The van der Waals surface area contributed by atoms with Crippen LogP contribution < -0.4 is 4.74 Å². The molecule has 2 aromatic heterocycles. The topological polar surface area (TPSA) is 69.9 Å². The molecule has 2 heterocycles. The van der Waals surface area contributed by atoms with Gasteiger partial charge in [-0.05, 0) is 19.4 Å². The lowest BCUT2D eigenvalue weighted by atomic mass is 10.1. The Hall–Kier alpha value is -2.24. The van der Waals surface area contributed by atoms with Crippen LogP contribution in [0.4, 0.5) is 0 Å². The van der Waals surface area contributed by atoms with Gasteiger partial charge in [-0.25, -0.2) is 14.6 Å². The third-order valence-corrected chi connectivity index (χ3v) is 2.90. The molecule has 0 atom stereocenters. The molecule has 0 amide bonds. The molecule has 0 N–H and O–H groups in total. The second kappa shape index (κ2) is 6.27. The summed E-state index contributed by atoms with van der Waals surface area (Å²) in [4.78, 5) is 20.3. The summed E-state index contributed by atoms with van der Waals surface area (Å²) in [5.41, 5.74) is 0.867. The maximum atomic E-state index is 12.1. The first-order valence-corrected chi connectivity index (χ1v) is 6.49. The van der Waals surface area contributed by atoms with Crippen LogP contribution in [0.1, 0.15) is 31.3 Å². The Labute approximate surface area is 117 Å². The van der Waals surface area contributed by atoms with Crippen molar-refractivity contribution in [3.63, 3.8) is 0 Å². The van der Waals surface area contributed by atoms with Gasteiger partial charge in [-0.3, -0.25) is 4.79 Å². The molecular formula is C14H18N4O2. The van der Waals surface area contributed by atoms with Crippen LogP contribution in [-0.2, 0) is 17.6 Å². The number of nitrogens with zero attached hydrogens (tertiary/aromatic N) is 4. The van der Waals surface area contributed by atoms with E-state index < -0.39 is 0 Å². The van der Waals surface area contributed by atoms with Gasteiger partial charge in [0, 0.05) is 24.7 Å². The van der Waals surface area contributed by atoms with E-state index in [4.69, 9.17) is 4.74 Å². The van der Waals surface area contributed by atoms with Crippen LogP contribution in [-0.4, -0.2) is 32.6 Å². The number of hydrogen-bond donors (Lipinski definition) is 0. The molecule has 0 aromatic carbocycles. The van der Waals surface area contributed by atoms with E-state index in [1.54, 1.807) is 24.1 Å². The Morgan fingerprint density at radius 2 is 2.10 bits per heavy atom. The smallest absolute Gasteiger partial charge is 0.212 e. The molecule has 0 radical (unpaired) electrons. The summed E-state index contributed by atoms with van der Waals surface area (Å²) in [5, 5.41) is 4.12. The summed E-state index contributed by atoms with van der Waals surface area (Å²) in [7, 11) is 1.56. The van der Waals surface area contributed by atoms with Crippen LogP contribution >= 0.6 is 0 Å². The molecule has 106 valence electrons. The molecule has 2 rings (SSSR count). The Balaban J connectivity index is 1.99. The monoisotopic (exact) mass is 274 g/mol. The molecule has 0 saturated heterocycles. The standard InChI is InChI=1S/C14H18N4O2/c1-10(2)18-13(16-9-17-18)7-12(19)6-11-4-5-14(20-3)15-8-11/h4-5,8-10H,6-7H2,1-3H3. The van der Waals surface area contributed by atoms with Crippen LogP contribution in [0.15, 0.2) is 24.7 Å². The second-order valence-electron chi connectivity index (χ2n) is 4.82. The summed E-state index contributed by atoms with van der Waals surface area (Å²) in [6, 6.07) is 3.79. The largest absolute Gasteiger partial charge is 0.481 e. The Kier molecular flexibility index (Phi) is 4.45. The van der Waals surface area contributed by atoms with Crippen LogP contribution in [0, 0.1) is 0 Å². The van der Waals surface area contributed by atoms with Crippen molar-refractivity contribution in [2.45, 2.75) is 32.7 Å². The summed E-state index contributed by atoms with van der Waals surface area (Å²) < 4.78 is 6.75. The number of hydrogen-bond acceptors (Lipinski definition) is 5. The van der Waals surface area contributed by atoms with Gasteiger partial charge in [0.1, 0.15) is 17.9 Å². The van der Waals surface area contributed by atoms with Crippen molar-refractivity contribution >= 4 is 5.78 Å². The molecule has 0 unspecified atom stereocenters. The minimum atomic E-state index is 0.0897. The predicted molar refractivity (Wildman–Crippen MR) is 73.6 cm³/mol. The fourth-order valence-electron chi connectivity index (χ4n) is 1.93. The number of ether oxygens (including phenoxy) is 1. The van der Waals surface area contributed by atoms with Crippen LogP contribution in [0.25, 0.3) is 0 Å². The number of carbonyl (C=O) groups excluding carboxylic acids is 1. The van der Waals surface area contributed by atoms with Crippen molar-refractivity contribution in [2.24, 2.45) is 0 Å².